The second-order valence-corrected chi connectivity index (χ2v) is 7.60. The molecule has 0 radical (unpaired) electrons. The van der Waals surface area contributed by atoms with Crippen molar-refractivity contribution in [3.63, 3.8) is 0 Å². The normalized spacial score (nSPS) is 13.8. The van der Waals surface area contributed by atoms with E-state index in [-0.39, 0.29) is 0 Å². The lowest BCUT2D eigenvalue weighted by atomic mass is 9.99. The molecule has 5 rings (SSSR count). The third-order valence-electron chi connectivity index (χ3n) is 5.53. The third-order valence-corrected chi connectivity index (χ3v) is 5.53. The number of fused-ring (bicyclic) bond motifs is 4. The molecule has 3 aromatic heterocycles. The number of hydrogen-bond acceptors (Lipinski definition) is 2. The van der Waals surface area contributed by atoms with Gasteiger partial charge in [0.15, 0.2) is 6.20 Å². The van der Waals surface area contributed by atoms with Crippen molar-refractivity contribution < 1.29 is 13.1 Å². The molecule has 3 nitrogen and oxygen atoms in total. The van der Waals surface area contributed by atoms with Crippen LogP contribution in [0.4, 0.5) is 0 Å². The van der Waals surface area contributed by atoms with Crippen molar-refractivity contribution in [3.8, 4) is 11.3 Å². The first-order valence-corrected chi connectivity index (χ1v) is 9.38. The lowest BCUT2D eigenvalue weighted by molar-refractivity contribution is -0.660. The average Bonchev–Trinajstić information content (AvgIpc) is 3.04. The smallest absolute Gasteiger partial charge is 0.216 e. The fourth-order valence-electron chi connectivity index (χ4n) is 3.97. The van der Waals surface area contributed by atoms with Crippen molar-refractivity contribution in [1.82, 2.24) is 4.98 Å². The molecule has 0 saturated carbocycles. The molecule has 0 aliphatic rings. The van der Waals surface area contributed by atoms with Crippen LogP contribution in [0, 0.1) is 27.6 Å². The Kier molecular flexibility index (Phi) is 2.93. The second-order valence-electron chi connectivity index (χ2n) is 7.60. The van der Waals surface area contributed by atoms with Gasteiger partial charge in [0.2, 0.25) is 5.69 Å². The highest BCUT2D eigenvalue weighted by atomic mass is 16.3. The van der Waals surface area contributed by atoms with Gasteiger partial charge in [0.05, 0.1) is 11.1 Å². The summed E-state index contributed by atoms with van der Waals surface area (Å²) in [6.45, 7) is 3.74. The van der Waals surface area contributed by atoms with Gasteiger partial charge in [-0.1, -0.05) is 18.2 Å². The van der Waals surface area contributed by atoms with Crippen LogP contribution in [0.15, 0.2) is 53.1 Å². The summed E-state index contributed by atoms with van der Waals surface area (Å²) in [4.78, 5) is 4.67. The summed E-state index contributed by atoms with van der Waals surface area (Å²) >= 11 is 0. The molecule has 3 heteroatoms. The van der Waals surface area contributed by atoms with Crippen molar-refractivity contribution in [3.05, 3.63) is 71.0 Å². The highest BCUT2D eigenvalue weighted by Crippen LogP contribution is 2.38. The molecule has 5 aromatic rings. The zero-order chi connectivity index (χ0) is 22.1. The predicted octanol–water partition coefficient (Wildman–Crippen LogP) is 5.86. The lowest BCUT2D eigenvalue weighted by Crippen LogP contribution is -2.31. The minimum absolute atomic E-state index is 0.362. The molecule has 0 bridgehead atoms. The molecule has 0 aliphatic carbocycles. The van der Waals surface area contributed by atoms with E-state index < -0.39 is 6.85 Å². The number of pyridine rings is 2. The minimum Gasteiger partial charge on any atom is -0.455 e. The third kappa shape index (κ3) is 2.43. The molecule has 2 aromatic carbocycles. The van der Waals surface area contributed by atoms with Gasteiger partial charge in [-0.15, -0.1) is 0 Å². The summed E-state index contributed by atoms with van der Waals surface area (Å²) in [5.74, 6) is 0. The molecule has 0 spiro atoms. The Morgan fingerprint density at radius 3 is 2.61 bits per heavy atom. The lowest BCUT2D eigenvalue weighted by Gasteiger charge is -2.07. The first kappa shape index (κ1) is 13.9. The Hall–Kier alpha value is -3.20. The molecule has 0 unspecified atom stereocenters. The fraction of sp³-hybridized carbons (Fsp3) is 0.200. The zero-order valence-electron chi connectivity index (χ0n) is 19.4. The van der Waals surface area contributed by atoms with Crippen LogP contribution in [0.2, 0.25) is 0 Å². The van der Waals surface area contributed by atoms with Gasteiger partial charge in [-0.3, -0.25) is 4.98 Å². The maximum absolute atomic E-state index is 7.81. The monoisotopic (exact) mass is 370 g/mol. The Morgan fingerprint density at radius 1 is 0.929 bits per heavy atom. The number of furan rings is 1. The standard InChI is InChI=1S/C25H23N2O/c1-14-6-9-19-20-12-21-18(8-7-17(4)26-21)11-23(20)28-25(19)24(14)22-10-15(2)16(3)13-27(22)5/h6-13H,1-5H3/q+1/i3D3. The molecular weight excluding hydrogens is 344 g/mol. The number of aromatic nitrogens is 2. The molecule has 0 aliphatic heterocycles. The van der Waals surface area contributed by atoms with Gasteiger partial charge in [0.25, 0.3) is 0 Å². The van der Waals surface area contributed by atoms with E-state index in [1.807, 2.05) is 43.7 Å². The van der Waals surface area contributed by atoms with Gasteiger partial charge in [-0.25, -0.2) is 4.57 Å². The van der Waals surface area contributed by atoms with Crippen molar-refractivity contribution >= 4 is 32.8 Å². The largest absolute Gasteiger partial charge is 0.455 e. The molecule has 28 heavy (non-hydrogen) atoms. The SMILES string of the molecule is [2H]C([2H])([2H])c1c[n+](C)c(-c2c(C)ccc3c2oc2cc4ccc(C)nc4cc23)cc1C. The number of rotatable bonds is 1. The van der Waals surface area contributed by atoms with Crippen LogP contribution < -0.4 is 4.57 Å². The van der Waals surface area contributed by atoms with E-state index in [1.165, 1.54) is 0 Å². The van der Waals surface area contributed by atoms with E-state index in [4.69, 9.17) is 8.53 Å². The van der Waals surface area contributed by atoms with Gasteiger partial charge < -0.3 is 4.42 Å². The van der Waals surface area contributed by atoms with Gasteiger partial charge in [-0.2, -0.15) is 0 Å². The first-order chi connectivity index (χ1) is 14.6. The number of nitrogens with zero attached hydrogens (tertiary/aromatic N) is 2. The summed E-state index contributed by atoms with van der Waals surface area (Å²) < 4.78 is 31.7. The van der Waals surface area contributed by atoms with Crippen molar-refractivity contribution in [2.45, 2.75) is 27.6 Å². The molecule has 0 N–H and O–H groups in total. The Balaban J connectivity index is 1.83. The number of benzene rings is 2. The van der Waals surface area contributed by atoms with Crippen LogP contribution in [0.25, 0.3) is 44.1 Å². The van der Waals surface area contributed by atoms with Crippen LogP contribution >= 0.6 is 0 Å². The molecule has 0 atom stereocenters. The summed E-state index contributed by atoms with van der Waals surface area (Å²) in [6.07, 6.45) is 1.71. The van der Waals surface area contributed by atoms with E-state index in [0.29, 0.717) is 5.56 Å². The highest BCUT2D eigenvalue weighted by molar-refractivity contribution is 6.12. The Morgan fingerprint density at radius 2 is 1.79 bits per heavy atom. The van der Waals surface area contributed by atoms with E-state index >= 15 is 0 Å². The quantitative estimate of drug-likeness (QED) is 0.346. The summed E-state index contributed by atoms with van der Waals surface area (Å²) in [5, 5.41) is 3.09. The summed E-state index contributed by atoms with van der Waals surface area (Å²) in [6, 6.07) is 14.3. The van der Waals surface area contributed by atoms with Gasteiger partial charge in [0, 0.05) is 37.6 Å². The molecule has 3 heterocycles. The highest BCUT2D eigenvalue weighted by Gasteiger charge is 2.21. The summed E-state index contributed by atoms with van der Waals surface area (Å²) in [7, 11) is 1.88. The summed E-state index contributed by atoms with van der Waals surface area (Å²) in [5.41, 5.74) is 7.62. The van der Waals surface area contributed by atoms with E-state index in [0.717, 1.165) is 60.9 Å². The maximum Gasteiger partial charge on any atom is 0.216 e. The first-order valence-electron chi connectivity index (χ1n) is 10.9. The average molecular weight is 370 g/mol. The molecule has 0 fully saturated rings. The fourth-order valence-corrected chi connectivity index (χ4v) is 3.97. The van der Waals surface area contributed by atoms with Crippen LogP contribution in [0.1, 0.15) is 26.5 Å². The topological polar surface area (TPSA) is 29.9 Å². The van der Waals surface area contributed by atoms with Crippen molar-refractivity contribution in [2.24, 2.45) is 7.05 Å². The predicted molar refractivity (Wildman–Crippen MR) is 115 cm³/mol. The van der Waals surface area contributed by atoms with E-state index in [1.54, 1.807) is 6.20 Å². The van der Waals surface area contributed by atoms with Gasteiger partial charge in [-0.05, 0) is 56.9 Å². The minimum atomic E-state index is -2.15. The van der Waals surface area contributed by atoms with Crippen LogP contribution in [0.3, 0.4) is 0 Å². The molecular formula is C25H23N2O+. The van der Waals surface area contributed by atoms with E-state index in [2.05, 4.69) is 36.2 Å². The maximum atomic E-state index is 7.81. The van der Waals surface area contributed by atoms with Crippen LogP contribution in [-0.2, 0) is 7.05 Å². The second kappa shape index (κ2) is 5.90. The number of aryl methyl sites for hydroxylation is 5. The Bertz CT molecular complexity index is 1510. The zero-order valence-corrected chi connectivity index (χ0v) is 16.4. The number of hydrogen-bond donors (Lipinski definition) is 0. The van der Waals surface area contributed by atoms with Crippen molar-refractivity contribution in [2.75, 3.05) is 0 Å². The molecule has 0 amide bonds. The molecule has 0 saturated heterocycles. The molecule has 138 valence electrons. The van der Waals surface area contributed by atoms with Crippen LogP contribution in [-0.4, -0.2) is 4.98 Å². The van der Waals surface area contributed by atoms with Gasteiger partial charge in [0.1, 0.15) is 18.2 Å². The Labute approximate surface area is 168 Å². The van der Waals surface area contributed by atoms with Gasteiger partial charge >= 0.3 is 0 Å². The van der Waals surface area contributed by atoms with Crippen molar-refractivity contribution in [1.29, 1.82) is 0 Å². The van der Waals surface area contributed by atoms with Crippen LogP contribution in [0.5, 0.6) is 0 Å². The van der Waals surface area contributed by atoms with E-state index in [9.17, 15) is 0 Å².